The van der Waals surface area contributed by atoms with Gasteiger partial charge in [0.2, 0.25) is 0 Å². The molecule has 0 amide bonds. The van der Waals surface area contributed by atoms with Crippen LogP contribution in [-0.2, 0) is 0 Å². The monoisotopic (exact) mass is 270 g/mol. The Balaban J connectivity index is 2.71. The first-order valence-electron chi connectivity index (χ1n) is 7.50. The molecule has 1 radical (unpaired) electrons. The highest BCUT2D eigenvalue weighted by Crippen LogP contribution is 2.45. The molecule has 1 aliphatic rings. The minimum Gasteiger partial charge on any atom is -0.297 e. The Bertz CT molecular complexity index is 597. The number of hydrogen-bond acceptors (Lipinski definition) is 1. The number of hydrogen-bond donors (Lipinski definition) is 1. The molecule has 0 spiro atoms. The van der Waals surface area contributed by atoms with E-state index in [1.165, 1.54) is 50.6 Å². The van der Waals surface area contributed by atoms with Gasteiger partial charge in [0.05, 0.1) is 6.04 Å². The Hall–Kier alpha value is -1.08. The molecule has 0 saturated carbocycles. The predicted molar refractivity (Wildman–Crippen MR) is 88.9 cm³/mol. The van der Waals surface area contributed by atoms with Crippen LogP contribution in [0, 0.1) is 33.7 Å². The zero-order valence-electron chi connectivity index (χ0n) is 14.5. The summed E-state index contributed by atoms with van der Waals surface area (Å²) in [7, 11) is 0. The van der Waals surface area contributed by atoms with E-state index in [0.717, 1.165) is 0 Å². The van der Waals surface area contributed by atoms with E-state index < -0.39 is 0 Å². The average Bonchev–Trinajstić information content (AvgIpc) is 2.57. The summed E-state index contributed by atoms with van der Waals surface area (Å²) in [6.45, 7) is 20.2. The minimum absolute atomic E-state index is 0.0810. The van der Waals surface area contributed by atoms with E-state index >= 15 is 0 Å². The van der Waals surface area contributed by atoms with Crippen molar-refractivity contribution < 1.29 is 0 Å². The second kappa shape index (κ2) is 4.73. The third-order valence-electron chi connectivity index (χ3n) is 4.75. The molecule has 1 nitrogen and oxygen atoms in total. The average molecular weight is 270 g/mol. The molecule has 0 unspecified atom stereocenters. The summed E-state index contributed by atoms with van der Waals surface area (Å²) in [6.07, 6.45) is 0. The van der Waals surface area contributed by atoms with Gasteiger partial charge in [-0.2, -0.15) is 0 Å². The smallest absolute Gasteiger partial charge is 0.0933 e. The van der Waals surface area contributed by atoms with Crippen molar-refractivity contribution in [1.29, 1.82) is 0 Å². The summed E-state index contributed by atoms with van der Waals surface area (Å²) < 4.78 is 0. The van der Waals surface area contributed by atoms with E-state index in [1.54, 1.807) is 0 Å². The highest BCUT2D eigenvalue weighted by Gasteiger charge is 2.33. The van der Waals surface area contributed by atoms with E-state index in [-0.39, 0.29) is 5.54 Å². The Morgan fingerprint density at radius 2 is 1.05 bits per heavy atom. The fourth-order valence-corrected chi connectivity index (χ4v) is 3.19. The summed E-state index contributed by atoms with van der Waals surface area (Å²) in [5, 5.41) is 3.73. The van der Waals surface area contributed by atoms with Crippen LogP contribution in [0.2, 0.25) is 0 Å². The normalized spacial score (nSPS) is 16.1. The summed E-state index contributed by atoms with van der Waals surface area (Å²) >= 11 is 0. The summed E-state index contributed by atoms with van der Waals surface area (Å²) in [5.74, 6) is 0. The molecule has 109 valence electrons. The van der Waals surface area contributed by atoms with Gasteiger partial charge >= 0.3 is 0 Å². The van der Waals surface area contributed by atoms with Crippen LogP contribution in [0.15, 0.2) is 5.57 Å². The third-order valence-corrected chi connectivity index (χ3v) is 4.75. The van der Waals surface area contributed by atoms with Gasteiger partial charge in [0, 0.05) is 5.54 Å². The fourth-order valence-electron chi connectivity index (χ4n) is 3.19. The lowest BCUT2D eigenvalue weighted by atomic mass is 9.87. The van der Waals surface area contributed by atoms with Crippen LogP contribution in [0.3, 0.4) is 0 Å². The predicted octanol–water partition coefficient (Wildman–Crippen LogP) is 5.00. The maximum Gasteiger partial charge on any atom is 0.0933 e. The molecule has 0 aromatic heterocycles. The Morgan fingerprint density at radius 1 is 0.600 bits per heavy atom. The van der Waals surface area contributed by atoms with Crippen molar-refractivity contribution in [3.05, 3.63) is 45.0 Å². The highest BCUT2D eigenvalue weighted by molar-refractivity contribution is 5.85. The van der Waals surface area contributed by atoms with Crippen molar-refractivity contribution in [2.75, 3.05) is 0 Å². The Morgan fingerprint density at radius 3 is 1.50 bits per heavy atom. The molecular formula is C19H28N. The Labute approximate surface area is 124 Å². The van der Waals surface area contributed by atoms with Crippen LogP contribution in [0.5, 0.6) is 0 Å². The fraction of sp³-hybridized carbons (Fsp3) is 0.526. The van der Waals surface area contributed by atoms with Gasteiger partial charge in [-0.05, 0) is 107 Å². The molecule has 2 rings (SSSR count). The standard InChI is InChI=1S/C19H28N/c1-10-11(2)13(4)17-16(12(10)3)14(5)15(6)18(17)20-19(7,8)9/h20H,1-9H3. The molecule has 1 aromatic carbocycles. The van der Waals surface area contributed by atoms with Crippen molar-refractivity contribution in [1.82, 2.24) is 5.32 Å². The van der Waals surface area contributed by atoms with Crippen molar-refractivity contribution >= 4 is 5.57 Å². The maximum atomic E-state index is 3.73. The van der Waals surface area contributed by atoms with E-state index in [4.69, 9.17) is 0 Å². The lowest BCUT2D eigenvalue weighted by molar-refractivity contribution is 0.452. The number of allylic oxidation sites excluding steroid dienone is 1. The summed E-state index contributed by atoms with van der Waals surface area (Å²) in [5.41, 5.74) is 11.5. The van der Waals surface area contributed by atoms with Crippen LogP contribution in [0.4, 0.5) is 0 Å². The number of fused-ring (bicyclic) bond motifs is 1. The molecule has 0 aliphatic heterocycles. The zero-order chi connectivity index (χ0) is 15.4. The SMILES string of the molecule is CC1=C(C)c2c(C)c(C)c(C)c(C)c2[C]1NC(C)(C)C. The molecule has 1 N–H and O–H groups in total. The maximum absolute atomic E-state index is 3.73. The van der Waals surface area contributed by atoms with E-state index in [1.807, 2.05) is 0 Å². The van der Waals surface area contributed by atoms with E-state index in [2.05, 4.69) is 67.6 Å². The molecule has 1 heteroatoms. The molecule has 0 atom stereocenters. The first-order chi connectivity index (χ1) is 9.06. The first kappa shape index (κ1) is 15.3. The van der Waals surface area contributed by atoms with Crippen LogP contribution in [-0.4, -0.2) is 5.54 Å². The van der Waals surface area contributed by atoms with E-state index in [9.17, 15) is 0 Å². The van der Waals surface area contributed by atoms with Gasteiger partial charge in [-0.25, -0.2) is 0 Å². The van der Waals surface area contributed by atoms with Gasteiger partial charge < -0.3 is 0 Å². The lowest BCUT2D eigenvalue weighted by Crippen LogP contribution is -2.39. The topological polar surface area (TPSA) is 12.0 Å². The molecule has 20 heavy (non-hydrogen) atoms. The van der Waals surface area contributed by atoms with E-state index in [0.29, 0.717) is 0 Å². The quantitative estimate of drug-likeness (QED) is 0.757. The van der Waals surface area contributed by atoms with Gasteiger partial charge in [0.15, 0.2) is 0 Å². The molecule has 1 aliphatic carbocycles. The van der Waals surface area contributed by atoms with Gasteiger partial charge in [-0.15, -0.1) is 0 Å². The zero-order valence-corrected chi connectivity index (χ0v) is 14.5. The highest BCUT2D eigenvalue weighted by atomic mass is 15.0. The number of nitrogens with one attached hydrogen (secondary N) is 1. The molecule has 0 bridgehead atoms. The molecular weight excluding hydrogens is 242 g/mol. The molecule has 0 heterocycles. The lowest BCUT2D eigenvalue weighted by Gasteiger charge is -2.29. The van der Waals surface area contributed by atoms with Gasteiger partial charge in [-0.1, -0.05) is 0 Å². The largest absolute Gasteiger partial charge is 0.297 e. The van der Waals surface area contributed by atoms with Gasteiger partial charge in [0.1, 0.15) is 0 Å². The summed E-state index contributed by atoms with van der Waals surface area (Å²) in [6, 6.07) is 1.33. The van der Waals surface area contributed by atoms with Crippen LogP contribution in [0.25, 0.3) is 5.57 Å². The minimum atomic E-state index is 0.0810. The third kappa shape index (κ3) is 2.22. The molecule has 0 fully saturated rings. The van der Waals surface area contributed by atoms with Crippen LogP contribution >= 0.6 is 0 Å². The van der Waals surface area contributed by atoms with Crippen LogP contribution in [0.1, 0.15) is 68.0 Å². The number of benzene rings is 1. The first-order valence-corrected chi connectivity index (χ1v) is 7.50. The van der Waals surface area contributed by atoms with Crippen molar-refractivity contribution in [3.8, 4) is 0 Å². The second-order valence-electron chi connectivity index (χ2n) is 7.25. The Kier molecular flexibility index (Phi) is 3.62. The van der Waals surface area contributed by atoms with Crippen LogP contribution < -0.4 is 5.32 Å². The van der Waals surface area contributed by atoms with Crippen molar-refractivity contribution in [2.45, 2.75) is 67.9 Å². The molecule has 0 saturated heterocycles. The number of rotatable bonds is 1. The summed E-state index contributed by atoms with van der Waals surface area (Å²) in [4.78, 5) is 0. The van der Waals surface area contributed by atoms with Gasteiger partial charge in [0.25, 0.3) is 0 Å². The van der Waals surface area contributed by atoms with Crippen molar-refractivity contribution in [2.24, 2.45) is 0 Å². The van der Waals surface area contributed by atoms with Gasteiger partial charge in [-0.3, -0.25) is 5.32 Å². The second-order valence-corrected chi connectivity index (χ2v) is 7.25. The molecule has 1 aromatic rings. The van der Waals surface area contributed by atoms with Crippen molar-refractivity contribution in [3.63, 3.8) is 0 Å².